The van der Waals surface area contributed by atoms with E-state index in [1.165, 1.54) is 16.9 Å². The number of nitrogens with zero attached hydrogens (tertiary/aromatic N) is 1. The molecule has 1 aromatic heterocycles. The minimum Gasteiger partial charge on any atom is -0.307 e. The summed E-state index contributed by atoms with van der Waals surface area (Å²) < 4.78 is 0.941. The summed E-state index contributed by atoms with van der Waals surface area (Å²) in [6.07, 6.45) is 1.97. The summed E-state index contributed by atoms with van der Waals surface area (Å²) in [5, 5.41) is 1.82. The topological polar surface area (TPSA) is 20.3 Å². The number of anilines is 1. The molecule has 0 radical (unpaired) electrons. The number of carbonyl (C=O) groups excluding carboxylic acids is 1. The van der Waals surface area contributed by atoms with Crippen LogP contribution >= 0.6 is 34.5 Å². The van der Waals surface area contributed by atoms with E-state index in [2.05, 4.69) is 6.07 Å². The van der Waals surface area contributed by atoms with Crippen LogP contribution in [0.2, 0.25) is 10.0 Å². The number of carbonyl (C=O) groups is 1. The number of hydrogen-bond acceptors (Lipinski definition) is 2. The molecule has 1 aliphatic heterocycles. The van der Waals surface area contributed by atoms with Crippen molar-refractivity contribution < 1.29 is 4.79 Å². The van der Waals surface area contributed by atoms with Crippen molar-refractivity contribution in [3.05, 3.63) is 63.0 Å². The van der Waals surface area contributed by atoms with Crippen molar-refractivity contribution in [2.24, 2.45) is 0 Å². The highest BCUT2D eigenvalue weighted by Gasteiger charge is 2.27. The third kappa shape index (κ3) is 2.44. The average molecular weight is 362 g/mol. The number of aryl methyl sites for hydroxylation is 1. The number of para-hydroxylation sites is 1. The maximum atomic E-state index is 13.1. The number of rotatable bonds is 1. The van der Waals surface area contributed by atoms with E-state index in [1.54, 1.807) is 6.07 Å². The molecule has 0 saturated carbocycles. The van der Waals surface area contributed by atoms with E-state index < -0.39 is 0 Å². The predicted octanol–water partition coefficient (Wildman–Crippen LogP) is 5.80. The zero-order chi connectivity index (χ0) is 16.0. The normalized spacial score (nSPS) is 14.1. The largest absolute Gasteiger partial charge is 0.307 e. The minimum absolute atomic E-state index is 0.0422. The molecule has 0 fully saturated rings. The van der Waals surface area contributed by atoms with Crippen molar-refractivity contribution in [1.82, 2.24) is 0 Å². The van der Waals surface area contributed by atoms with Gasteiger partial charge >= 0.3 is 0 Å². The number of thiophene rings is 1. The maximum absolute atomic E-state index is 13.1. The second-order valence-corrected chi connectivity index (χ2v) is 7.38. The molecule has 0 spiro atoms. The van der Waals surface area contributed by atoms with Gasteiger partial charge in [0.1, 0.15) is 4.88 Å². The van der Waals surface area contributed by atoms with Crippen LogP contribution in [0.3, 0.4) is 0 Å². The fraction of sp³-hybridized carbons (Fsp3) is 0.167. The van der Waals surface area contributed by atoms with E-state index in [0.717, 1.165) is 28.6 Å². The maximum Gasteiger partial charge on any atom is 0.269 e. The van der Waals surface area contributed by atoms with Gasteiger partial charge in [0.2, 0.25) is 0 Å². The van der Waals surface area contributed by atoms with Crippen LogP contribution in [0.4, 0.5) is 5.69 Å². The van der Waals surface area contributed by atoms with Gasteiger partial charge < -0.3 is 4.90 Å². The molecule has 3 aromatic rings. The van der Waals surface area contributed by atoms with Crippen molar-refractivity contribution in [2.45, 2.75) is 12.8 Å². The van der Waals surface area contributed by atoms with Gasteiger partial charge in [-0.25, -0.2) is 0 Å². The minimum atomic E-state index is -0.0422. The molecule has 0 bridgehead atoms. The van der Waals surface area contributed by atoms with Crippen molar-refractivity contribution in [3.8, 4) is 0 Å². The molecule has 2 aromatic carbocycles. The fourth-order valence-corrected chi connectivity index (χ4v) is 4.97. The lowest BCUT2D eigenvalue weighted by atomic mass is 10.0. The van der Waals surface area contributed by atoms with Gasteiger partial charge in [0, 0.05) is 22.3 Å². The smallest absolute Gasteiger partial charge is 0.269 e. The first-order chi connectivity index (χ1) is 11.2. The highest BCUT2D eigenvalue weighted by molar-refractivity contribution is 7.21. The molecule has 116 valence electrons. The molecule has 5 heteroatoms. The molecule has 0 atom stereocenters. The van der Waals surface area contributed by atoms with E-state index in [9.17, 15) is 4.79 Å². The van der Waals surface area contributed by atoms with Crippen LogP contribution in [0.15, 0.2) is 42.5 Å². The first kappa shape index (κ1) is 15.0. The van der Waals surface area contributed by atoms with Crippen LogP contribution in [-0.4, -0.2) is 12.5 Å². The van der Waals surface area contributed by atoms with Crippen molar-refractivity contribution in [3.63, 3.8) is 0 Å². The molecule has 4 rings (SSSR count). The first-order valence-corrected chi connectivity index (χ1v) is 9.00. The third-order valence-electron chi connectivity index (χ3n) is 4.16. The lowest BCUT2D eigenvalue weighted by Gasteiger charge is -2.29. The van der Waals surface area contributed by atoms with Crippen LogP contribution in [0.5, 0.6) is 0 Å². The second kappa shape index (κ2) is 5.82. The molecule has 0 unspecified atom stereocenters. The molecule has 1 amide bonds. The highest BCUT2D eigenvalue weighted by Crippen LogP contribution is 2.41. The van der Waals surface area contributed by atoms with Crippen LogP contribution in [0, 0.1) is 0 Å². The number of fused-ring (bicyclic) bond motifs is 2. The number of amides is 1. The Bertz CT molecular complexity index is 919. The molecule has 0 aliphatic carbocycles. The molecule has 0 saturated heterocycles. The summed E-state index contributed by atoms with van der Waals surface area (Å²) in [6.45, 7) is 0.716. The van der Waals surface area contributed by atoms with Gasteiger partial charge in [-0.05, 0) is 36.6 Å². The first-order valence-electron chi connectivity index (χ1n) is 7.43. The zero-order valence-electron chi connectivity index (χ0n) is 12.2. The number of benzene rings is 2. The Morgan fingerprint density at radius 1 is 1.09 bits per heavy atom. The van der Waals surface area contributed by atoms with Crippen LogP contribution in [0.1, 0.15) is 21.7 Å². The van der Waals surface area contributed by atoms with Crippen molar-refractivity contribution in [2.75, 3.05) is 11.4 Å². The van der Waals surface area contributed by atoms with Gasteiger partial charge in [0.05, 0.1) is 10.0 Å². The fourth-order valence-electron chi connectivity index (χ4n) is 3.08. The van der Waals surface area contributed by atoms with Crippen LogP contribution < -0.4 is 4.90 Å². The van der Waals surface area contributed by atoms with E-state index in [1.807, 2.05) is 35.2 Å². The van der Waals surface area contributed by atoms with E-state index >= 15 is 0 Å². The third-order valence-corrected chi connectivity index (χ3v) is 6.10. The van der Waals surface area contributed by atoms with Gasteiger partial charge in [-0.1, -0.05) is 47.5 Å². The van der Waals surface area contributed by atoms with Gasteiger partial charge in [-0.3, -0.25) is 4.79 Å². The quantitative estimate of drug-likeness (QED) is 0.536. The van der Waals surface area contributed by atoms with Gasteiger partial charge in [-0.15, -0.1) is 11.3 Å². The number of hydrogen-bond donors (Lipinski definition) is 0. The molecule has 0 N–H and O–H groups in total. The summed E-state index contributed by atoms with van der Waals surface area (Å²) in [6, 6.07) is 13.7. The monoisotopic (exact) mass is 361 g/mol. The Labute approximate surface area is 148 Å². The Balaban J connectivity index is 1.82. The van der Waals surface area contributed by atoms with E-state index in [-0.39, 0.29) is 5.91 Å². The van der Waals surface area contributed by atoms with Gasteiger partial charge in [0.15, 0.2) is 0 Å². The summed E-state index contributed by atoms with van der Waals surface area (Å²) in [7, 11) is 0. The Kier molecular flexibility index (Phi) is 3.80. The average Bonchev–Trinajstić information content (AvgIpc) is 2.92. The summed E-state index contributed by atoms with van der Waals surface area (Å²) in [5.41, 5.74) is 2.20. The van der Waals surface area contributed by atoms with E-state index in [0.29, 0.717) is 21.5 Å². The lowest BCUT2D eigenvalue weighted by Crippen LogP contribution is -2.35. The Morgan fingerprint density at radius 3 is 2.74 bits per heavy atom. The zero-order valence-corrected chi connectivity index (χ0v) is 14.5. The molecule has 23 heavy (non-hydrogen) atoms. The van der Waals surface area contributed by atoms with Crippen LogP contribution in [0.25, 0.3) is 10.1 Å². The van der Waals surface area contributed by atoms with Crippen molar-refractivity contribution >= 4 is 56.2 Å². The predicted molar refractivity (Wildman–Crippen MR) is 98.3 cm³/mol. The summed E-state index contributed by atoms with van der Waals surface area (Å²) in [4.78, 5) is 15.5. The number of halogens is 2. The van der Waals surface area contributed by atoms with Crippen molar-refractivity contribution in [1.29, 1.82) is 0 Å². The molecule has 2 nitrogen and oxygen atoms in total. The second-order valence-electron chi connectivity index (χ2n) is 5.55. The standard InChI is InChI=1S/C18H13Cl2NOS/c19-12-7-3-9-14-15(12)16(20)17(23-14)18(22)21-10-4-6-11-5-1-2-8-13(11)21/h1-3,5,7-9H,4,6,10H2. The highest BCUT2D eigenvalue weighted by atomic mass is 35.5. The molecule has 2 heterocycles. The Hall–Kier alpha value is -1.55. The summed E-state index contributed by atoms with van der Waals surface area (Å²) >= 11 is 14.1. The molecular weight excluding hydrogens is 349 g/mol. The Morgan fingerprint density at radius 2 is 1.91 bits per heavy atom. The molecular formula is C18H13Cl2NOS. The van der Waals surface area contributed by atoms with Crippen LogP contribution in [-0.2, 0) is 6.42 Å². The summed E-state index contributed by atoms with van der Waals surface area (Å²) in [5.74, 6) is -0.0422. The lowest BCUT2D eigenvalue weighted by molar-refractivity contribution is 0.0989. The van der Waals surface area contributed by atoms with Gasteiger partial charge in [-0.2, -0.15) is 0 Å². The molecule has 1 aliphatic rings. The van der Waals surface area contributed by atoms with Gasteiger partial charge in [0.25, 0.3) is 5.91 Å². The van der Waals surface area contributed by atoms with E-state index in [4.69, 9.17) is 23.2 Å². The SMILES string of the molecule is O=C(c1sc2cccc(Cl)c2c1Cl)N1CCCc2ccccc21.